The predicted molar refractivity (Wildman–Crippen MR) is 112 cm³/mol. The highest BCUT2D eigenvalue weighted by molar-refractivity contribution is 14.0. The van der Waals surface area contributed by atoms with Crippen LogP contribution in [0.5, 0.6) is 0 Å². The molecule has 1 aliphatic heterocycles. The van der Waals surface area contributed by atoms with Gasteiger partial charge < -0.3 is 20.7 Å². The Kier molecular flexibility index (Phi) is 10.1. The van der Waals surface area contributed by atoms with Gasteiger partial charge in [0.2, 0.25) is 5.91 Å². The number of guanidine groups is 1. The van der Waals surface area contributed by atoms with E-state index in [-0.39, 0.29) is 29.9 Å². The lowest BCUT2D eigenvalue weighted by atomic mass is 9.95. The van der Waals surface area contributed by atoms with Gasteiger partial charge in [0.25, 0.3) is 0 Å². The van der Waals surface area contributed by atoms with Gasteiger partial charge in [0.05, 0.1) is 0 Å². The highest BCUT2D eigenvalue weighted by atomic mass is 127. The van der Waals surface area contributed by atoms with E-state index in [2.05, 4.69) is 17.1 Å². The number of nitrogens with two attached hydrogens (primary N) is 1. The van der Waals surface area contributed by atoms with Gasteiger partial charge in [0.15, 0.2) is 5.96 Å². The van der Waals surface area contributed by atoms with Crippen molar-refractivity contribution in [2.45, 2.75) is 52.4 Å². The Labute approximate surface area is 169 Å². The lowest BCUT2D eigenvalue weighted by Gasteiger charge is -2.35. The smallest absolute Gasteiger partial charge is 0.217 e. The Morgan fingerprint density at radius 2 is 2.16 bits per heavy atom. The molecule has 1 atom stereocenters. The first kappa shape index (κ1) is 22.5. The maximum atomic E-state index is 11.2. The molecule has 0 radical (unpaired) electrons. The van der Waals surface area contributed by atoms with Crippen LogP contribution in [0.3, 0.4) is 0 Å². The van der Waals surface area contributed by atoms with Crippen LogP contribution in [-0.2, 0) is 9.53 Å². The van der Waals surface area contributed by atoms with Crippen LogP contribution in [-0.4, -0.2) is 56.2 Å². The fourth-order valence-electron chi connectivity index (χ4n) is 3.47. The number of likely N-dealkylation sites (tertiary alicyclic amines) is 1. The largest absolute Gasteiger partial charge is 0.382 e. The molecule has 0 aromatic carbocycles. The van der Waals surface area contributed by atoms with Crippen LogP contribution < -0.4 is 11.1 Å². The number of rotatable bonds is 9. The van der Waals surface area contributed by atoms with Crippen molar-refractivity contribution in [3.05, 3.63) is 0 Å². The summed E-state index contributed by atoms with van der Waals surface area (Å²) in [5.74, 6) is 1.15. The normalized spacial score (nSPS) is 22.2. The Hall–Kier alpha value is -0.570. The van der Waals surface area contributed by atoms with Crippen molar-refractivity contribution in [2.24, 2.45) is 22.1 Å². The van der Waals surface area contributed by atoms with E-state index >= 15 is 0 Å². The molecule has 1 saturated heterocycles. The minimum atomic E-state index is -0.198. The summed E-state index contributed by atoms with van der Waals surface area (Å²) in [6.45, 7) is 9.39. The van der Waals surface area contributed by atoms with E-state index in [1.54, 1.807) is 0 Å². The molecule has 2 fully saturated rings. The zero-order chi connectivity index (χ0) is 17.4. The summed E-state index contributed by atoms with van der Waals surface area (Å²) in [4.78, 5) is 18.4. The number of aliphatic imine (C=N–C) groups is 1. The van der Waals surface area contributed by atoms with Crippen LogP contribution in [0.2, 0.25) is 0 Å². The molecule has 1 unspecified atom stereocenters. The van der Waals surface area contributed by atoms with Gasteiger partial charge in [-0.15, -0.1) is 24.0 Å². The summed E-state index contributed by atoms with van der Waals surface area (Å²) < 4.78 is 5.51. The number of primary amides is 1. The van der Waals surface area contributed by atoms with Gasteiger partial charge >= 0.3 is 0 Å². The third kappa shape index (κ3) is 7.68. The molecule has 1 heterocycles. The van der Waals surface area contributed by atoms with E-state index in [1.807, 2.05) is 6.92 Å². The van der Waals surface area contributed by atoms with Crippen molar-refractivity contribution in [1.82, 2.24) is 10.2 Å². The van der Waals surface area contributed by atoms with Crippen molar-refractivity contribution in [2.75, 3.05) is 39.4 Å². The quantitative estimate of drug-likeness (QED) is 0.237. The van der Waals surface area contributed by atoms with Gasteiger partial charge in [-0.2, -0.15) is 0 Å². The number of amides is 1. The zero-order valence-electron chi connectivity index (χ0n) is 15.8. The molecule has 0 bridgehead atoms. The fraction of sp³-hybridized carbons (Fsp3) is 0.889. The van der Waals surface area contributed by atoms with Crippen molar-refractivity contribution >= 4 is 35.8 Å². The molecule has 146 valence electrons. The van der Waals surface area contributed by atoms with Gasteiger partial charge in [-0.05, 0) is 57.3 Å². The van der Waals surface area contributed by atoms with Crippen LogP contribution in [0.25, 0.3) is 0 Å². The molecule has 25 heavy (non-hydrogen) atoms. The van der Waals surface area contributed by atoms with E-state index in [0.717, 1.165) is 64.6 Å². The zero-order valence-corrected chi connectivity index (χ0v) is 18.1. The van der Waals surface area contributed by atoms with E-state index in [4.69, 9.17) is 15.5 Å². The Morgan fingerprint density at radius 3 is 2.76 bits per heavy atom. The molecule has 7 heteroatoms. The average molecular weight is 466 g/mol. The number of nitrogens with zero attached hydrogens (tertiary/aromatic N) is 2. The molecule has 0 aromatic rings. The lowest BCUT2D eigenvalue weighted by molar-refractivity contribution is -0.119. The number of carbonyl (C=O) groups is 1. The number of nitrogens with one attached hydrogen (secondary N) is 1. The molecule has 6 nitrogen and oxygen atoms in total. The molecule has 2 aliphatic rings. The first-order valence-corrected chi connectivity index (χ1v) is 9.48. The summed E-state index contributed by atoms with van der Waals surface area (Å²) in [7, 11) is 0. The van der Waals surface area contributed by atoms with Crippen molar-refractivity contribution in [3.8, 4) is 0 Å². The summed E-state index contributed by atoms with van der Waals surface area (Å²) in [6, 6.07) is 0. The van der Waals surface area contributed by atoms with Crippen LogP contribution in [0.4, 0.5) is 0 Å². The highest BCUT2D eigenvalue weighted by Gasteiger charge is 2.42. The second-order valence-electron chi connectivity index (χ2n) is 7.24. The monoisotopic (exact) mass is 466 g/mol. The van der Waals surface area contributed by atoms with Crippen molar-refractivity contribution in [3.63, 3.8) is 0 Å². The van der Waals surface area contributed by atoms with E-state index < -0.39 is 0 Å². The summed E-state index contributed by atoms with van der Waals surface area (Å²) >= 11 is 0. The molecule has 0 aromatic heterocycles. The molecule has 2 rings (SSSR count). The molecule has 3 N–H and O–H groups in total. The topological polar surface area (TPSA) is 80.0 Å². The molecule has 1 amide bonds. The van der Waals surface area contributed by atoms with Gasteiger partial charge in [-0.1, -0.05) is 0 Å². The molecule has 1 saturated carbocycles. The maximum absolute atomic E-state index is 11.2. The third-order valence-corrected chi connectivity index (χ3v) is 5.15. The van der Waals surface area contributed by atoms with Crippen molar-refractivity contribution in [1.29, 1.82) is 0 Å². The summed E-state index contributed by atoms with van der Waals surface area (Å²) in [6.07, 6.45) is 6.28. The standard InChI is InChI=1S/C18H34N4O2.HI/c1-3-20-17(21-14-18(7-8-18)9-11-24-4-2)22-10-5-6-15(13-22)12-16(19)23;/h15H,3-14H2,1-2H3,(H2,19,23)(H,20,21);1H. The number of ether oxygens (including phenoxy) is 1. The fourth-order valence-corrected chi connectivity index (χ4v) is 3.47. The lowest BCUT2D eigenvalue weighted by Crippen LogP contribution is -2.47. The van der Waals surface area contributed by atoms with E-state index in [1.165, 1.54) is 12.8 Å². The Balaban J connectivity index is 0.00000312. The number of piperidine rings is 1. The first-order chi connectivity index (χ1) is 11.6. The van der Waals surface area contributed by atoms with E-state index in [0.29, 0.717) is 17.8 Å². The van der Waals surface area contributed by atoms with Gasteiger partial charge in [0, 0.05) is 45.8 Å². The predicted octanol–water partition coefficient (Wildman–Crippen LogP) is 2.36. The Morgan fingerprint density at radius 1 is 1.40 bits per heavy atom. The summed E-state index contributed by atoms with van der Waals surface area (Å²) in [5.41, 5.74) is 5.73. The number of hydrogen-bond donors (Lipinski definition) is 2. The molecule has 0 spiro atoms. The number of carbonyl (C=O) groups excluding carboxylic acids is 1. The SMILES string of the molecule is CCNC(=NCC1(CCOCC)CC1)N1CCCC(CC(N)=O)C1.I. The van der Waals surface area contributed by atoms with Crippen LogP contribution in [0.1, 0.15) is 52.4 Å². The van der Waals surface area contributed by atoms with Crippen LogP contribution in [0.15, 0.2) is 4.99 Å². The van der Waals surface area contributed by atoms with Gasteiger partial charge in [0.1, 0.15) is 0 Å². The van der Waals surface area contributed by atoms with Crippen LogP contribution in [0, 0.1) is 11.3 Å². The van der Waals surface area contributed by atoms with E-state index in [9.17, 15) is 4.79 Å². The third-order valence-electron chi connectivity index (χ3n) is 5.15. The average Bonchev–Trinajstić information content (AvgIpc) is 3.31. The second-order valence-corrected chi connectivity index (χ2v) is 7.24. The van der Waals surface area contributed by atoms with Gasteiger partial charge in [-0.3, -0.25) is 9.79 Å². The highest BCUT2D eigenvalue weighted by Crippen LogP contribution is 2.49. The number of hydrogen-bond acceptors (Lipinski definition) is 3. The first-order valence-electron chi connectivity index (χ1n) is 9.48. The molecule has 1 aliphatic carbocycles. The minimum Gasteiger partial charge on any atom is -0.382 e. The summed E-state index contributed by atoms with van der Waals surface area (Å²) in [5, 5.41) is 3.42. The maximum Gasteiger partial charge on any atom is 0.217 e. The van der Waals surface area contributed by atoms with Gasteiger partial charge in [-0.25, -0.2) is 0 Å². The van der Waals surface area contributed by atoms with Crippen LogP contribution >= 0.6 is 24.0 Å². The molecular weight excluding hydrogens is 431 g/mol. The van der Waals surface area contributed by atoms with Crippen molar-refractivity contribution < 1.29 is 9.53 Å². The Bertz CT molecular complexity index is 441. The number of halogens is 1. The molecular formula is C18H35IN4O2. The second kappa shape index (κ2) is 11.2. The minimum absolute atomic E-state index is 0.